The number of nitrogens with zero attached hydrogens (tertiary/aromatic N) is 3. The smallest absolute Gasteiger partial charge is 0.237 e. The normalized spacial score (nSPS) is 21.1. The minimum Gasteiger partial charge on any atom is -0.369 e. The molecule has 0 fully saturated rings. The molecule has 1 amide bonds. The van der Waals surface area contributed by atoms with E-state index in [1.807, 2.05) is 0 Å². The van der Waals surface area contributed by atoms with Crippen molar-refractivity contribution in [1.29, 1.82) is 5.26 Å². The molecule has 1 unspecified atom stereocenters. The number of hydrogen-bond donors (Lipinski definition) is 2. The first-order valence-electron chi connectivity index (χ1n) is 8.81. The Hall–Kier alpha value is -3.40. The van der Waals surface area contributed by atoms with Gasteiger partial charge in [0.05, 0.1) is 16.7 Å². The molecule has 2 aromatic rings. The summed E-state index contributed by atoms with van der Waals surface area (Å²) in [6, 6.07) is 13.7. The van der Waals surface area contributed by atoms with Crippen molar-refractivity contribution in [2.75, 3.05) is 12.4 Å². The van der Waals surface area contributed by atoms with Crippen molar-refractivity contribution in [2.24, 2.45) is 16.1 Å². The molecule has 2 aromatic carbocycles. The molecule has 0 bridgehead atoms. The Balaban J connectivity index is 2.12. The second-order valence-electron chi connectivity index (χ2n) is 7.51. The highest BCUT2D eigenvalue weighted by molar-refractivity contribution is 6.01. The van der Waals surface area contributed by atoms with Crippen molar-refractivity contribution in [3.05, 3.63) is 59.4 Å². The van der Waals surface area contributed by atoms with Crippen LogP contribution in [-0.4, -0.2) is 23.8 Å². The number of nitrogens with two attached hydrogens (primary N) is 1. The van der Waals surface area contributed by atoms with E-state index in [0.717, 1.165) is 0 Å². The number of carbonyl (C=O) groups excluding carboxylic acids is 1. The first kappa shape index (κ1) is 19.4. The zero-order valence-electron chi connectivity index (χ0n) is 16.2. The van der Waals surface area contributed by atoms with Crippen LogP contribution in [0, 0.1) is 22.6 Å². The van der Waals surface area contributed by atoms with Crippen LogP contribution in [-0.2, 0) is 10.3 Å². The number of carbonyl (C=O) groups is 1. The Morgan fingerprint density at radius 3 is 2.57 bits per heavy atom. The van der Waals surface area contributed by atoms with Gasteiger partial charge in [-0.05, 0) is 51.1 Å². The number of amides is 1. The molecule has 1 heterocycles. The molecular weight excluding hydrogens is 357 g/mol. The molecule has 144 valence electrons. The highest BCUT2D eigenvalue weighted by atomic mass is 19.1. The Morgan fingerprint density at radius 1 is 1.21 bits per heavy atom. The van der Waals surface area contributed by atoms with E-state index >= 15 is 0 Å². The zero-order chi connectivity index (χ0) is 20.7. The molecular formula is C21H22FN5O. The van der Waals surface area contributed by atoms with Crippen molar-refractivity contribution in [1.82, 2.24) is 4.90 Å². The maximum Gasteiger partial charge on any atom is 0.237 e. The standard InChI is InChI=1S/C21H22FN5O/c1-20(2)18(28)27(4)19(24)26-21(20,3)15-11-14(9-10-16(15)22)25-17-8-6-5-7-13(17)12-23/h5-11,25H,1-4H3,(H2,24,26). The van der Waals surface area contributed by atoms with E-state index in [-0.39, 0.29) is 17.4 Å². The SMILES string of the molecule is CN1C(=O)C(C)(C)C(C)(c2cc(Nc3ccccc3C#N)ccc2F)N=C1N. The molecule has 0 spiro atoms. The maximum absolute atomic E-state index is 14.9. The molecule has 1 aliphatic rings. The van der Waals surface area contributed by atoms with Crippen molar-refractivity contribution in [2.45, 2.75) is 26.3 Å². The van der Waals surface area contributed by atoms with Crippen LogP contribution in [0.4, 0.5) is 15.8 Å². The molecule has 1 atom stereocenters. The first-order valence-corrected chi connectivity index (χ1v) is 8.81. The average Bonchev–Trinajstić information content (AvgIpc) is 2.67. The fourth-order valence-corrected chi connectivity index (χ4v) is 3.39. The van der Waals surface area contributed by atoms with Gasteiger partial charge < -0.3 is 11.1 Å². The van der Waals surface area contributed by atoms with Gasteiger partial charge in [-0.2, -0.15) is 5.26 Å². The van der Waals surface area contributed by atoms with Gasteiger partial charge in [-0.3, -0.25) is 9.69 Å². The largest absolute Gasteiger partial charge is 0.369 e. The van der Waals surface area contributed by atoms with Gasteiger partial charge in [-0.15, -0.1) is 0 Å². The van der Waals surface area contributed by atoms with Gasteiger partial charge >= 0.3 is 0 Å². The van der Waals surface area contributed by atoms with Crippen molar-refractivity contribution in [3.63, 3.8) is 0 Å². The monoisotopic (exact) mass is 379 g/mol. The molecule has 3 N–H and O–H groups in total. The number of benzene rings is 2. The summed E-state index contributed by atoms with van der Waals surface area (Å²) in [5.41, 5.74) is 5.62. The van der Waals surface area contributed by atoms with E-state index < -0.39 is 16.8 Å². The van der Waals surface area contributed by atoms with Gasteiger partial charge in [0, 0.05) is 18.3 Å². The highest BCUT2D eigenvalue weighted by Gasteiger charge is 2.53. The summed E-state index contributed by atoms with van der Waals surface area (Å²) in [5, 5.41) is 12.4. The van der Waals surface area contributed by atoms with Crippen LogP contribution in [0.15, 0.2) is 47.5 Å². The summed E-state index contributed by atoms with van der Waals surface area (Å²) in [5.74, 6) is -0.682. The Labute approximate surface area is 163 Å². The lowest BCUT2D eigenvalue weighted by atomic mass is 9.67. The predicted octanol–water partition coefficient (Wildman–Crippen LogP) is 3.47. The van der Waals surface area contributed by atoms with Crippen LogP contribution in [0.25, 0.3) is 0 Å². The van der Waals surface area contributed by atoms with Crippen LogP contribution < -0.4 is 11.1 Å². The van der Waals surface area contributed by atoms with Gasteiger partial charge in [0.2, 0.25) is 5.91 Å². The van der Waals surface area contributed by atoms with Crippen molar-refractivity contribution < 1.29 is 9.18 Å². The highest BCUT2D eigenvalue weighted by Crippen LogP contribution is 2.47. The van der Waals surface area contributed by atoms with E-state index in [9.17, 15) is 14.4 Å². The number of hydrogen-bond acceptors (Lipinski definition) is 5. The van der Waals surface area contributed by atoms with Gasteiger partial charge in [-0.25, -0.2) is 9.38 Å². The Kier molecular flexibility index (Phi) is 4.59. The van der Waals surface area contributed by atoms with Crippen molar-refractivity contribution >= 4 is 23.2 Å². The summed E-state index contributed by atoms with van der Waals surface area (Å²) in [4.78, 5) is 18.6. The van der Waals surface area contributed by atoms with E-state index in [1.165, 1.54) is 11.0 Å². The van der Waals surface area contributed by atoms with Gasteiger partial charge in [0.25, 0.3) is 0 Å². The minimum absolute atomic E-state index is 0.0411. The number of nitriles is 1. The van der Waals surface area contributed by atoms with Gasteiger partial charge in [0.1, 0.15) is 17.4 Å². The molecule has 0 saturated heterocycles. The number of halogens is 1. The van der Waals surface area contributed by atoms with Crippen LogP contribution in [0.3, 0.4) is 0 Å². The van der Waals surface area contributed by atoms with E-state index in [0.29, 0.717) is 16.9 Å². The van der Waals surface area contributed by atoms with Crippen LogP contribution in [0.2, 0.25) is 0 Å². The summed E-state index contributed by atoms with van der Waals surface area (Å²) in [6.07, 6.45) is 0. The third kappa shape index (κ3) is 2.87. The third-order valence-electron chi connectivity index (χ3n) is 5.56. The lowest BCUT2D eigenvalue weighted by Crippen LogP contribution is -2.58. The van der Waals surface area contributed by atoms with E-state index in [4.69, 9.17) is 5.73 Å². The second kappa shape index (κ2) is 6.64. The molecule has 0 aromatic heterocycles. The quantitative estimate of drug-likeness (QED) is 0.854. The topological polar surface area (TPSA) is 94.5 Å². The van der Waals surface area contributed by atoms with E-state index in [2.05, 4.69) is 16.4 Å². The van der Waals surface area contributed by atoms with Gasteiger partial charge in [0.15, 0.2) is 5.96 Å². The predicted molar refractivity (Wildman–Crippen MR) is 106 cm³/mol. The fraction of sp³-hybridized carbons (Fsp3) is 0.286. The number of nitrogens with one attached hydrogen (secondary N) is 1. The molecule has 0 saturated carbocycles. The second-order valence-corrected chi connectivity index (χ2v) is 7.51. The molecule has 0 aliphatic carbocycles. The number of rotatable bonds is 3. The molecule has 6 nitrogen and oxygen atoms in total. The molecule has 7 heteroatoms. The average molecular weight is 379 g/mol. The summed E-state index contributed by atoms with van der Waals surface area (Å²) in [6.45, 7) is 5.16. The summed E-state index contributed by atoms with van der Waals surface area (Å²) < 4.78 is 14.9. The van der Waals surface area contributed by atoms with Crippen molar-refractivity contribution in [3.8, 4) is 6.07 Å². The van der Waals surface area contributed by atoms with Gasteiger partial charge in [-0.1, -0.05) is 12.1 Å². The number of guanidine groups is 1. The van der Waals surface area contributed by atoms with Crippen LogP contribution in [0.5, 0.6) is 0 Å². The molecule has 28 heavy (non-hydrogen) atoms. The number of para-hydroxylation sites is 1. The Morgan fingerprint density at radius 2 is 1.89 bits per heavy atom. The maximum atomic E-state index is 14.9. The minimum atomic E-state index is -1.20. The number of aliphatic imine (C=N–C) groups is 1. The molecule has 3 rings (SSSR count). The zero-order valence-corrected chi connectivity index (χ0v) is 16.2. The summed E-state index contributed by atoms with van der Waals surface area (Å²) >= 11 is 0. The third-order valence-corrected chi connectivity index (χ3v) is 5.56. The lowest BCUT2D eigenvalue weighted by Gasteiger charge is -2.46. The number of anilines is 2. The van der Waals surface area contributed by atoms with Crippen LogP contribution >= 0.6 is 0 Å². The van der Waals surface area contributed by atoms with E-state index in [1.54, 1.807) is 64.2 Å². The Bertz CT molecular complexity index is 1020. The summed E-state index contributed by atoms with van der Waals surface area (Å²) in [7, 11) is 1.55. The first-order chi connectivity index (χ1) is 13.1. The molecule has 1 aliphatic heterocycles. The fourth-order valence-electron chi connectivity index (χ4n) is 3.39. The molecule has 0 radical (unpaired) electrons. The lowest BCUT2D eigenvalue weighted by molar-refractivity contribution is -0.140. The van der Waals surface area contributed by atoms with Crippen LogP contribution in [0.1, 0.15) is 31.9 Å².